The molecule has 0 aliphatic heterocycles. The van der Waals surface area contributed by atoms with Gasteiger partial charge in [0.1, 0.15) is 4.47 Å². The minimum atomic E-state index is -0.555. The van der Waals surface area contributed by atoms with Crippen LogP contribution in [0.4, 0.5) is 10.9 Å². The van der Waals surface area contributed by atoms with Crippen molar-refractivity contribution < 1.29 is 9.72 Å². The Balaban J connectivity index is 1.76. The lowest BCUT2D eigenvalue weighted by Crippen LogP contribution is -2.12. The van der Waals surface area contributed by atoms with Gasteiger partial charge in [-0.15, -0.1) is 11.3 Å². The van der Waals surface area contributed by atoms with Gasteiger partial charge in [-0.1, -0.05) is 12.1 Å². The van der Waals surface area contributed by atoms with Gasteiger partial charge in [0.15, 0.2) is 5.13 Å². The number of halogens is 1. The SMILES string of the molecule is Cc1cnc(NC(=O)c2cccc(Cn3cc(Br)c([N+](=O)[O-])n3)c2)s1. The number of nitrogens with one attached hydrogen (secondary N) is 1. The van der Waals surface area contributed by atoms with Gasteiger partial charge >= 0.3 is 5.82 Å². The molecule has 0 saturated heterocycles. The molecule has 0 bridgehead atoms. The molecule has 0 atom stereocenters. The summed E-state index contributed by atoms with van der Waals surface area (Å²) < 4.78 is 1.76. The molecule has 0 spiro atoms. The molecule has 0 unspecified atom stereocenters. The number of aryl methyl sites for hydroxylation is 1. The number of hydrogen-bond donors (Lipinski definition) is 1. The van der Waals surface area contributed by atoms with E-state index in [1.165, 1.54) is 22.2 Å². The van der Waals surface area contributed by atoms with Gasteiger partial charge < -0.3 is 10.1 Å². The van der Waals surface area contributed by atoms with Gasteiger partial charge in [-0.3, -0.25) is 10.1 Å². The first-order valence-corrected chi connectivity index (χ1v) is 8.73. The van der Waals surface area contributed by atoms with E-state index in [0.29, 0.717) is 21.7 Å². The molecule has 8 nitrogen and oxygen atoms in total. The summed E-state index contributed by atoms with van der Waals surface area (Å²) in [4.78, 5) is 27.7. The zero-order valence-corrected chi connectivity index (χ0v) is 15.4. The first-order chi connectivity index (χ1) is 11.9. The van der Waals surface area contributed by atoms with Gasteiger partial charge in [0.2, 0.25) is 0 Å². The summed E-state index contributed by atoms with van der Waals surface area (Å²) in [5.74, 6) is -0.503. The fourth-order valence-electron chi connectivity index (χ4n) is 2.17. The number of aromatic nitrogens is 3. The quantitative estimate of drug-likeness (QED) is 0.500. The van der Waals surface area contributed by atoms with Gasteiger partial charge in [0, 0.05) is 16.6 Å². The highest BCUT2D eigenvalue weighted by atomic mass is 79.9. The minimum absolute atomic E-state index is 0.243. The molecule has 10 heteroatoms. The number of carbonyl (C=O) groups excluding carboxylic acids is 1. The average Bonchev–Trinajstić information content (AvgIpc) is 3.13. The number of nitro groups is 1. The van der Waals surface area contributed by atoms with Crippen molar-refractivity contribution >= 4 is 44.1 Å². The van der Waals surface area contributed by atoms with Crippen LogP contribution >= 0.6 is 27.3 Å². The fraction of sp³-hybridized carbons (Fsp3) is 0.133. The molecule has 2 aromatic heterocycles. The molecule has 0 fully saturated rings. The van der Waals surface area contributed by atoms with Crippen LogP contribution in [0.5, 0.6) is 0 Å². The molecule has 1 aromatic carbocycles. The van der Waals surface area contributed by atoms with Gasteiger partial charge in [-0.25, -0.2) is 4.98 Å². The molecular weight excluding hydrogens is 410 g/mol. The second-order valence-electron chi connectivity index (χ2n) is 5.19. The number of rotatable bonds is 5. The van der Waals surface area contributed by atoms with Crippen LogP contribution in [0.1, 0.15) is 20.8 Å². The van der Waals surface area contributed by atoms with E-state index in [1.807, 2.05) is 13.0 Å². The molecule has 0 saturated carbocycles. The summed E-state index contributed by atoms with van der Waals surface area (Å²) >= 11 is 4.51. The van der Waals surface area contributed by atoms with Crippen molar-refractivity contribution in [3.05, 3.63) is 67.3 Å². The summed E-state index contributed by atoms with van der Waals surface area (Å²) in [5.41, 5.74) is 1.28. The molecule has 1 N–H and O–H groups in total. The molecule has 3 aromatic rings. The Morgan fingerprint density at radius 3 is 2.92 bits per heavy atom. The van der Waals surface area contributed by atoms with E-state index in [2.05, 4.69) is 31.3 Å². The number of nitrogens with zero attached hydrogens (tertiary/aromatic N) is 4. The van der Waals surface area contributed by atoms with E-state index >= 15 is 0 Å². The number of thiazole rings is 1. The van der Waals surface area contributed by atoms with E-state index in [0.717, 1.165) is 10.4 Å². The van der Waals surface area contributed by atoms with Crippen LogP contribution in [-0.4, -0.2) is 25.6 Å². The summed E-state index contributed by atoms with van der Waals surface area (Å²) in [6, 6.07) is 6.99. The standard InChI is InChI=1S/C15H12BrN5O3S/c1-9-6-17-15(25-9)18-14(22)11-4-2-3-10(5-11)7-20-8-12(16)13(19-20)21(23)24/h2-6,8H,7H2,1H3,(H,17,18,22). The monoisotopic (exact) mass is 421 g/mol. The number of anilines is 1. The second kappa shape index (κ2) is 7.11. The number of benzene rings is 1. The maximum atomic E-state index is 12.3. The lowest BCUT2D eigenvalue weighted by atomic mass is 10.1. The lowest BCUT2D eigenvalue weighted by molar-refractivity contribution is -0.390. The van der Waals surface area contributed by atoms with Crippen molar-refractivity contribution in [2.45, 2.75) is 13.5 Å². The highest BCUT2D eigenvalue weighted by Crippen LogP contribution is 2.23. The zero-order valence-electron chi connectivity index (χ0n) is 13.0. The maximum Gasteiger partial charge on any atom is 0.404 e. The van der Waals surface area contributed by atoms with Crippen LogP contribution in [0.3, 0.4) is 0 Å². The van der Waals surface area contributed by atoms with Crippen molar-refractivity contribution in [3.8, 4) is 0 Å². The maximum absolute atomic E-state index is 12.3. The largest absolute Gasteiger partial charge is 0.404 e. The third kappa shape index (κ3) is 4.09. The lowest BCUT2D eigenvalue weighted by Gasteiger charge is -2.04. The van der Waals surface area contributed by atoms with Crippen LogP contribution < -0.4 is 5.32 Å². The number of amides is 1. The molecular formula is C15H12BrN5O3S. The third-order valence-corrected chi connectivity index (χ3v) is 4.64. The van der Waals surface area contributed by atoms with Gasteiger partial charge in [0.25, 0.3) is 5.91 Å². The summed E-state index contributed by atoms with van der Waals surface area (Å²) in [7, 11) is 0. The molecule has 1 amide bonds. The van der Waals surface area contributed by atoms with E-state index in [-0.39, 0.29) is 11.7 Å². The van der Waals surface area contributed by atoms with Crippen molar-refractivity contribution in [1.82, 2.24) is 14.8 Å². The van der Waals surface area contributed by atoms with Crippen LogP contribution in [-0.2, 0) is 6.54 Å². The Labute approximate surface area is 154 Å². The Morgan fingerprint density at radius 1 is 1.48 bits per heavy atom. The first kappa shape index (κ1) is 17.2. The van der Waals surface area contributed by atoms with Crippen LogP contribution in [0.15, 0.2) is 41.1 Å². The second-order valence-corrected chi connectivity index (χ2v) is 7.28. The smallest absolute Gasteiger partial charge is 0.358 e. The highest BCUT2D eigenvalue weighted by Gasteiger charge is 2.18. The van der Waals surface area contributed by atoms with Crippen LogP contribution in [0.2, 0.25) is 0 Å². The molecule has 2 heterocycles. The van der Waals surface area contributed by atoms with Gasteiger partial charge in [0.05, 0.1) is 17.8 Å². The van der Waals surface area contributed by atoms with Crippen molar-refractivity contribution in [1.29, 1.82) is 0 Å². The topological polar surface area (TPSA) is 103 Å². The van der Waals surface area contributed by atoms with E-state index in [4.69, 9.17) is 0 Å². The number of hydrogen-bond acceptors (Lipinski definition) is 6. The third-order valence-electron chi connectivity index (χ3n) is 3.25. The predicted octanol–water partition coefficient (Wildman–Crippen LogP) is 3.62. The van der Waals surface area contributed by atoms with Gasteiger partial charge in [-0.05, 0) is 45.5 Å². The van der Waals surface area contributed by atoms with Crippen molar-refractivity contribution in [2.75, 3.05) is 5.32 Å². The Morgan fingerprint density at radius 2 is 2.28 bits per heavy atom. The zero-order chi connectivity index (χ0) is 18.0. The molecule has 0 aliphatic rings. The van der Waals surface area contributed by atoms with Gasteiger partial charge in [-0.2, -0.15) is 4.68 Å². The van der Waals surface area contributed by atoms with Crippen molar-refractivity contribution in [2.24, 2.45) is 0 Å². The fourth-order valence-corrected chi connectivity index (χ4v) is 3.29. The molecule has 3 rings (SSSR count). The Bertz CT molecular complexity index is 952. The van der Waals surface area contributed by atoms with Crippen LogP contribution in [0, 0.1) is 17.0 Å². The van der Waals surface area contributed by atoms with E-state index in [1.54, 1.807) is 24.4 Å². The average molecular weight is 422 g/mol. The van der Waals surface area contributed by atoms with Crippen LogP contribution in [0.25, 0.3) is 0 Å². The normalized spacial score (nSPS) is 10.6. The molecule has 0 radical (unpaired) electrons. The highest BCUT2D eigenvalue weighted by molar-refractivity contribution is 9.10. The predicted molar refractivity (Wildman–Crippen MR) is 96.9 cm³/mol. The summed E-state index contributed by atoms with van der Waals surface area (Å²) in [6.45, 7) is 2.22. The van der Waals surface area contributed by atoms with Crippen molar-refractivity contribution in [3.63, 3.8) is 0 Å². The Hall–Kier alpha value is -2.59. The summed E-state index contributed by atoms with van der Waals surface area (Å²) in [6.07, 6.45) is 3.22. The van der Waals surface area contributed by atoms with E-state index in [9.17, 15) is 14.9 Å². The Kier molecular flexibility index (Phi) is 4.91. The molecule has 0 aliphatic carbocycles. The molecule has 128 valence electrons. The summed E-state index contributed by atoms with van der Waals surface area (Å²) in [5, 5.41) is 18.0. The minimum Gasteiger partial charge on any atom is -0.358 e. The van der Waals surface area contributed by atoms with E-state index < -0.39 is 4.92 Å². The molecule has 25 heavy (non-hydrogen) atoms. The number of carbonyl (C=O) groups is 1. The first-order valence-electron chi connectivity index (χ1n) is 7.12.